The van der Waals surface area contributed by atoms with Gasteiger partial charge in [-0.15, -0.1) is 0 Å². The van der Waals surface area contributed by atoms with Crippen molar-refractivity contribution in [1.82, 2.24) is 0 Å². The van der Waals surface area contributed by atoms with Gasteiger partial charge in [-0.05, 0) is 37.2 Å². The predicted octanol–water partition coefficient (Wildman–Crippen LogP) is 1.26. The van der Waals surface area contributed by atoms with Crippen LogP contribution in [0.3, 0.4) is 0 Å². The number of hydrogen-bond acceptors (Lipinski definition) is 4. The molecule has 4 nitrogen and oxygen atoms in total. The summed E-state index contributed by atoms with van der Waals surface area (Å²) in [5.41, 5.74) is 7.09. The van der Waals surface area contributed by atoms with Crippen LogP contribution in [-0.2, 0) is 4.74 Å². The van der Waals surface area contributed by atoms with E-state index in [4.69, 9.17) is 5.73 Å². The Morgan fingerprint density at radius 2 is 2.00 bits per heavy atom. The fourth-order valence-corrected chi connectivity index (χ4v) is 1.43. The van der Waals surface area contributed by atoms with E-state index in [-0.39, 0.29) is 5.97 Å². The van der Waals surface area contributed by atoms with Crippen LogP contribution >= 0.6 is 0 Å². The van der Waals surface area contributed by atoms with Crippen LogP contribution in [0.2, 0.25) is 0 Å². The van der Waals surface area contributed by atoms with Gasteiger partial charge in [-0.3, -0.25) is 0 Å². The maximum atomic E-state index is 11.2. The molecule has 0 radical (unpaired) electrons. The van der Waals surface area contributed by atoms with Gasteiger partial charge in [-0.2, -0.15) is 0 Å². The first kappa shape index (κ1) is 12.5. The van der Waals surface area contributed by atoms with Crippen molar-refractivity contribution in [2.45, 2.75) is 6.42 Å². The second-order valence-corrected chi connectivity index (χ2v) is 3.60. The zero-order chi connectivity index (χ0) is 12.0. The van der Waals surface area contributed by atoms with Crippen LogP contribution in [0.25, 0.3) is 0 Å². The van der Waals surface area contributed by atoms with Gasteiger partial charge in [0.1, 0.15) is 0 Å². The number of methoxy groups -OCH3 is 1. The molecule has 88 valence electrons. The van der Waals surface area contributed by atoms with E-state index in [9.17, 15) is 4.79 Å². The Hall–Kier alpha value is -1.55. The summed E-state index contributed by atoms with van der Waals surface area (Å²) in [4.78, 5) is 13.3. The van der Waals surface area contributed by atoms with E-state index in [2.05, 4.69) is 9.64 Å². The first-order chi connectivity index (χ1) is 7.69. The minimum atomic E-state index is -0.309. The minimum Gasteiger partial charge on any atom is -0.465 e. The van der Waals surface area contributed by atoms with Crippen LogP contribution < -0.4 is 10.6 Å². The van der Waals surface area contributed by atoms with Crippen molar-refractivity contribution in [3.8, 4) is 0 Å². The molecule has 16 heavy (non-hydrogen) atoms. The first-order valence-corrected chi connectivity index (χ1v) is 5.28. The van der Waals surface area contributed by atoms with Crippen LogP contribution in [0.15, 0.2) is 24.3 Å². The lowest BCUT2D eigenvalue weighted by Crippen LogP contribution is -2.20. The van der Waals surface area contributed by atoms with Crippen molar-refractivity contribution in [2.75, 3.05) is 32.1 Å². The van der Waals surface area contributed by atoms with Gasteiger partial charge in [0.25, 0.3) is 0 Å². The monoisotopic (exact) mass is 222 g/mol. The standard InChI is InChI=1S/C12H18N2O2/c1-14(9-3-8-13)11-6-4-10(5-7-11)12(15)16-2/h4-7H,3,8-9,13H2,1-2H3. The number of hydrogen-bond donors (Lipinski definition) is 1. The van der Waals surface area contributed by atoms with Crippen molar-refractivity contribution in [3.05, 3.63) is 29.8 Å². The molecule has 0 unspecified atom stereocenters. The second-order valence-electron chi connectivity index (χ2n) is 3.60. The Labute approximate surface area is 96.0 Å². The highest BCUT2D eigenvalue weighted by Crippen LogP contribution is 2.14. The van der Waals surface area contributed by atoms with Gasteiger partial charge in [0.15, 0.2) is 0 Å². The van der Waals surface area contributed by atoms with Crippen LogP contribution in [0, 0.1) is 0 Å². The van der Waals surface area contributed by atoms with Gasteiger partial charge in [0, 0.05) is 19.3 Å². The Balaban J connectivity index is 2.67. The molecule has 0 atom stereocenters. The Morgan fingerprint density at radius 1 is 1.38 bits per heavy atom. The smallest absolute Gasteiger partial charge is 0.337 e. The zero-order valence-electron chi connectivity index (χ0n) is 9.77. The highest BCUT2D eigenvalue weighted by atomic mass is 16.5. The third kappa shape index (κ3) is 3.24. The molecule has 1 aromatic rings. The molecule has 0 aliphatic carbocycles. The molecule has 2 N–H and O–H groups in total. The molecule has 0 aromatic heterocycles. The van der Waals surface area contributed by atoms with Gasteiger partial charge in [0.2, 0.25) is 0 Å². The number of nitrogens with zero attached hydrogens (tertiary/aromatic N) is 1. The molecule has 0 aliphatic rings. The van der Waals surface area contributed by atoms with E-state index in [0.717, 1.165) is 18.7 Å². The number of carbonyl (C=O) groups excluding carboxylic acids is 1. The summed E-state index contributed by atoms with van der Waals surface area (Å²) < 4.78 is 4.63. The quantitative estimate of drug-likeness (QED) is 0.762. The van der Waals surface area contributed by atoms with Crippen molar-refractivity contribution in [2.24, 2.45) is 5.73 Å². The molecule has 0 amide bonds. The maximum absolute atomic E-state index is 11.2. The molecule has 1 rings (SSSR count). The second kappa shape index (κ2) is 6.12. The number of nitrogens with two attached hydrogens (primary N) is 1. The molecule has 0 fully saturated rings. The number of ether oxygens (including phenoxy) is 1. The highest BCUT2D eigenvalue weighted by Gasteiger charge is 2.05. The lowest BCUT2D eigenvalue weighted by Gasteiger charge is -2.18. The van der Waals surface area contributed by atoms with E-state index in [1.807, 2.05) is 19.2 Å². The lowest BCUT2D eigenvalue weighted by atomic mass is 10.2. The third-order valence-electron chi connectivity index (χ3n) is 2.43. The molecule has 0 aliphatic heterocycles. The highest BCUT2D eigenvalue weighted by molar-refractivity contribution is 5.89. The molecule has 1 aromatic carbocycles. The van der Waals surface area contributed by atoms with Crippen LogP contribution in [0.4, 0.5) is 5.69 Å². The molecule has 0 saturated carbocycles. The van der Waals surface area contributed by atoms with Gasteiger partial charge in [-0.1, -0.05) is 0 Å². The summed E-state index contributed by atoms with van der Waals surface area (Å²) in [6, 6.07) is 7.34. The van der Waals surface area contributed by atoms with E-state index in [1.54, 1.807) is 12.1 Å². The number of rotatable bonds is 5. The van der Waals surface area contributed by atoms with Crippen molar-refractivity contribution < 1.29 is 9.53 Å². The predicted molar refractivity (Wildman–Crippen MR) is 64.7 cm³/mol. The number of anilines is 1. The summed E-state index contributed by atoms with van der Waals surface area (Å²) in [6.07, 6.45) is 0.954. The van der Waals surface area contributed by atoms with Gasteiger partial charge in [0.05, 0.1) is 12.7 Å². The molecule has 4 heteroatoms. The maximum Gasteiger partial charge on any atom is 0.337 e. The lowest BCUT2D eigenvalue weighted by molar-refractivity contribution is 0.0601. The molecule has 0 heterocycles. The third-order valence-corrected chi connectivity index (χ3v) is 2.43. The minimum absolute atomic E-state index is 0.309. The largest absolute Gasteiger partial charge is 0.465 e. The molecular formula is C12H18N2O2. The van der Waals surface area contributed by atoms with Crippen molar-refractivity contribution in [1.29, 1.82) is 0 Å². The normalized spacial score (nSPS) is 9.94. The molecule has 0 spiro atoms. The SMILES string of the molecule is COC(=O)c1ccc(N(C)CCCN)cc1. The first-order valence-electron chi connectivity index (χ1n) is 5.28. The number of benzene rings is 1. The number of carbonyl (C=O) groups is 1. The summed E-state index contributed by atoms with van der Waals surface area (Å²) in [7, 11) is 3.38. The Morgan fingerprint density at radius 3 is 2.50 bits per heavy atom. The van der Waals surface area contributed by atoms with Gasteiger partial charge < -0.3 is 15.4 Å². The summed E-state index contributed by atoms with van der Waals surface area (Å²) in [5.74, 6) is -0.309. The zero-order valence-corrected chi connectivity index (χ0v) is 9.77. The van der Waals surface area contributed by atoms with Crippen LogP contribution in [0.5, 0.6) is 0 Å². The Bertz CT molecular complexity index is 335. The topological polar surface area (TPSA) is 55.6 Å². The van der Waals surface area contributed by atoms with E-state index >= 15 is 0 Å². The van der Waals surface area contributed by atoms with Crippen molar-refractivity contribution in [3.63, 3.8) is 0 Å². The fourth-order valence-electron chi connectivity index (χ4n) is 1.43. The molecular weight excluding hydrogens is 204 g/mol. The van der Waals surface area contributed by atoms with Gasteiger partial charge in [-0.25, -0.2) is 4.79 Å². The van der Waals surface area contributed by atoms with E-state index < -0.39 is 0 Å². The van der Waals surface area contributed by atoms with Crippen molar-refractivity contribution >= 4 is 11.7 Å². The average Bonchev–Trinajstić information content (AvgIpc) is 2.35. The number of esters is 1. The van der Waals surface area contributed by atoms with Gasteiger partial charge >= 0.3 is 5.97 Å². The average molecular weight is 222 g/mol. The summed E-state index contributed by atoms with van der Waals surface area (Å²) in [6.45, 7) is 1.60. The van der Waals surface area contributed by atoms with E-state index in [1.165, 1.54) is 7.11 Å². The molecule has 0 bridgehead atoms. The Kier molecular flexibility index (Phi) is 4.79. The fraction of sp³-hybridized carbons (Fsp3) is 0.417. The molecule has 0 saturated heterocycles. The summed E-state index contributed by atoms with van der Waals surface area (Å²) >= 11 is 0. The van der Waals surface area contributed by atoms with E-state index in [0.29, 0.717) is 12.1 Å². The van der Waals surface area contributed by atoms with Crippen LogP contribution in [-0.4, -0.2) is 33.2 Å². The summed E-state index contributed by atoms with van der Waals surface area (Å²) in [5, 5.41) is 0. The van der Waals surface area contributed by atoms with Crippen LogP contribution in [0.1, 0.15) is 16.8 Å².